The van der Waals surface area contributed by atoms with Crippen LogP contribution in [0.4, 0.5) is 18.9 Å². The topological polar surface area (TPSA) is 77.0 Å². The third-order valence-corrected chi connectivity index (χ3v) is 6.41. The molecule has 1 heterocycles. The van der Waals surface area contributed by atoms with Crippen molar-refractivity contribution in [2.45, 2.75) is 25.1 Å². The fraction of sp³-hybridized carbons (Fsp3) is 0.192. The molecule has 0 spiro atoms. The number of anilines is 1. The third kappa shape index (κ3) is 5.14. The fourth-order valence-corrected chi connectivity index (χ4v) is 4.51. The maximum atomic E-state index is 14.3. The Kier molecular flexibility index (Phi) is 7.21. The van der Waals surface area contributed by atoms with Gasteiger partial charge in [-0.3, -0.25) is 4.79 Å². The lowest BCUT2D eigenvalue weighted by molar-refractivity contribution is -0.275. The van der Waals surface area contributed by atoms with E-state index in [4.69, 9.17) is 28.0 Å². The maximum absolute atomic E-state index is 14.3. The average Bonchev–Trinajstić information content (AvgIpc) is 3.31. The summed E-state index contributed by atoms with van der Waals surface area (Å²) in [5.74, 6) is -1.01. The lowest BCUT2D eigenvalue weighted by Crippen LogP contribution is -2.42. The number of hydrogen-bond donors (Lipinski definition) is 1. The summed E-state index contributed by atoms with van der Waals surface area (Å²) in [5.41, 5.74) is -1.21. The van der Waals surface area contributed by atoms with E-state index in [2.05, 4.69) is 15.2 Å². The Hall–Kier alpha value is -3.56. The molecule has 1 N–H and O–H groups in total. The second-order valence-electron chi connectivity index (χ2n) is 8.29. The summed E-state index contributed by atoms with van der Waals surface area (Å²) in [6.45, 7) is 1.65. The van der Waals surface area contributed by atoms with E-state index in [1.807, 2.05) is 0 Å². The molecule has 6 nitrogen and oxygen atoms in total. The Labute approximate surface area is 220 Å². The van der Waals surface area contributed by atoms with Crippen LogP contribution >= 0.6 is 23.2 Å². The largest absolute Gasteiger partial charge is 0.465 e. The predicted molar refractivity (Wildman–Crippen MR) is 133 cm³/mol. The van der Waals surface area contributed by atoms with Crippen molar-refractivity contribution in [3.63, 3.8) is 0 Å². The number of esters is 1. The summed E-state index contributed by atoms with van der Waals surface area (Å²) in [7, 11) is 1.25. The summed E-state index contributed by atoms with van der Waals surface area (Å²) >= 11 is 11.9. The van der Waals surface area contributed by atoms with E-state index in [1.54, 1.807) is 25.1 Å². The molecule has 1 aliphatic heterocycles. The van der Waals surface area contributed by atoms with Crippen molar-refractivity contribution in [1.82, 2.24) is 0 Å². The Morgan fingerprint density at radius 1 is 1.03 bits per heavy atom. The van der Waals surface area contributed by atoms with Gasteiger partial charge in [0.1, 0.15) is 0 Å². The van der Waals surface area contributed by atoms with Crippen LogP contribution in [0.15, 0.2) is 65.8 Å². The summed E-state index contributed by atoms with van der Waals surface area (Å²) in [4.78, 5) is 29.4. The number of ether oxygens (including phenoxy) is 1. The Morgan fingerprint density at radius 2 is 1.65 bits per heavy atom. The smallest absolute Gasteiger partial charge is 0.435 e. The van der Waals surface area contributed by atoms with E-state index in [9.17, 15) is 22.8 Å². The van der Waals surface area contributed by atoms with Gasteiger partial charge in [0.25, 0.3) is 11.5 Å². The molecule has 37 heavy (non-hydrogen) atoms. The number of alkyl halides is 3. The monoisotopic (exact) mass is 550 g/mol. The Bertz CT molecular complexity index is 1390. The van der Waals surface area contributed by atoms with E-state index >= 15 is 0 Å². The van der Waals surface area contributed by atoms with Gasteiger partial charge in [0.05, 0.1) is 18.4 Å². The van der Waals surface area contributed by atoms with Crippen molar-refractivity contribution < 1.29 is 32.3 Å². The van der Waals surface area contributed by atoms with Crippen molar-refractivity contribution in [3.05, 3.63) is 98.5 Å². The minimum Gasteiger partial charge on any atom is -0.465 e. The highest BCUT2D eigenvalue weighted by molar-refractivity contribution is 6.34. The number of benzene rings is 3. The van der Waals surface area contributed by atoms with Gasteiger partial charge >= 0.3 is 12.1 Å². The van der Waals surface area contributed by atoms with Crippen LogP contribution in [0.2, 0.25) is 10.0 Å². The second-order valence-corrected chi connectivity index (χ2v) is 9.16. The molecule has 3 aromatic rings. The molecule has 0 aromatic heterocycles. The molecule has 1 aliphatic rings. The normalized spacial score (nSPS) is 17.1. The highest BCUT2D eigenvalue weighted by Crippen LogP contribution is 2.50. The zero-order valence-corrected chi connectivity index (χ0v) is 21.0. The first-order valence-electron chi connectivity index (χ1n) is 10.8. The summed E-state index contributed by atoms with van der Waals surface area (Å²) in [5, 5.41) is 6.59. The number of carbonyl (C=O) groups is 2. The van der Waals surface area contributed by atoms with Crippen LogP contribution in [0.1, 0.15) is 43.8 Å². The van der Waals surface area contributed by atoms with E-state index < -0.39 is 30.1 Å². The molecule has 0 saturated heterocycles. The minimum atomic E-state index is -4.83. The van der Waals surface area contributed by atoms with Crippen LogP contribution in [0.5, 0.6) is 0 Å². The van der Waals surface area contributed by atoms with Gasteiger partial charge in [-0.05, 0) is 61.0 Å². The number of methoxy groups -OCH3 is 1. The number of nitrogens with zero attached hydrogens (tertiary/aromatic N) is 1. The van der Waals surface area contributed by atoms with Crippen molar-refractivity contribution in [1.29, 1.82) is 0 Å². The molecule has 0 unspecified atom stereocenters. The number of amides is 1. The van der Waals surface area contributed by atoms with Gasteiger partial charge in [-0.25, -0.2) is 4.79 Å². The third-order valence-electron chi connectivity index (χ3n) is 5.98. The second kappa shape index (κ2) is 10.1. The molecule has 3 aromatic carbocycles. The number of rotatable bonds is 5. The van der Waals surface area contributed by atoms with Crippen molar-refractivity contribution in [3.8, 4) is 0 Å². The number of carbonyl (C=O) groups excluding carboxylic acids is 2. The van der Waals surface area contributed by atoms with Gasteiger partial charge in [0, 0.05) is 38.8 Å². The van der Waals surface area contributed by atoms with E-state index in [-0.39, 0.29) is 32.4 Å². The van der Waals surface area contributed by atoms with Gasteiger partial charge in [0.15, 0.2) is 0 Å². The maximum Gasteiger partial charge on any atom is 0.435 e. The molecule has 192 valence electrons. The van der Waals surface area contributed by atoms with Crippen LogP contribution in [-0.2, 0) is 15.2 Å². The first-order valence-corrected chi connectivity index (χ1v) is 11.6. The van der Waals surface area contributed by atoms with Crippen molar-refractivity contribution >= 4 is 46.5 Å². The molecule has 0 saturated carbocycles. The Morgan fingerprint density at radius 3 is 2.24 bits per heavy atom. The molecule has 0 bridgehead atoms. The highest BCUT2D eigenvalue weighted by Gasteiger charge is 2.62. The van der Waals surface area contributed by atoms with Crippen LogP contribution in [0.25, 0.3) is 0 Å². The standard InChI is InChI=1S/C26H19Cl2F3N2O4/c1-14-20(4-3-5-21(14)32-23(34)15-6-8-16(9-7-15)24(35)36-2)22-13-25(37-33-22,26(29,30)31)17-10-18(27)12-19(28)11-17/h3-12H,13H2,1-2H3,(H,32,34)/t25-/m0/s1. The first-order chi connectivity index (χ1) is 17.4. The quantitative estimate of drug-likeness (QED) is 0.349. The van der Waals surface area contributed by atoms with Gasteiger partial charge in [-0.15, -0.1) is 0 Å². The predicted octanol–water partition coefficient (Wildman–Crippen LogP) is 6.92. The number of halogens is 5. The lowest BCUT2D eigenvalue weighted by Gasteiger charge is -2.29. The van der Waals surface area contributed by atoms with Gasteiger partial charge in [0.2, 0.25) is 0 Å². The van der Waals surface area contributed by atoms with Crippen LogP contribution in [0.3, 0.4) is 0 Å². The summed E-state index contributed by atoms with van der Waals surface area (Å²) in [6.07, 6.45) is -5.46. The van der Waals surface area contributed by atoms with Gasteiger partial charge in [-0.1, -0.05) is 40.5 Å². The molecule has 11 heteroatoms. The zero-order valence-electron chi connectivity index (χ0n) is 19.5. The van der Waals surface area contributed by atoms with E-state index in [1.165, 1.54) is 37.4 Å². The van der Waals surface area contributed by atoms with Gasteiger partial charge in [-0.2, -0.15) is 13.2 Å². The first kappa shape index (κ1) is 26.5. The van der Waals surface area contributed by atoms with Crippen molar-refractivity contribution in [2.24, 2.45) is 5.16 Å². The lowest BCUT2D eigenvalue weighted by atomic mass is 9.85. The Balaban J connectivity index is 1.61. The molecule has 1 atom stereocenters. The summed E-state index contributed by atoms with van der Waals surface area (Å²) < 4.78 is 47.6. The molecular formula is C26H19Cl2F3N2O4. The van der Waals surface area contributed by atoms with E-state index in [0.717, 1.165) is 12.1 Å². The fourth-order valence-electron chi connectivity index (χ4n) is 3.99. The number of hydrogen-bond acceptors (Lipinski definition) is 5. The molecular weight excluding hydrogens is 532 g/mol. The summed E-state index contributed by atoms with van der Waals surface area (Å²) in [6, 6.07) is 14.2. The average molecular weight is 551 g/mol. The molecule has 0 fully saturated rings. The number of oxime groups is 1. The molecule has 1 amide bonds. The molecule has 0 radical (unpaired) electrons. The highest BCUT2D eigenvalue weighted by atomic mass is 35.5. The minimum absolute atomic E-state index is 0.0312. The van der Waals surface area contributed by atoms with Crippen LogP contribution in [0, 0.1) is 6.92 Å². The van der Waals surface area contributed by atoms with Crippen LogP contribution in [-0.4, -0.2) is 30.9 Å². The molecule has 0 aliphatic carbocycles. The SMILES string of the molecule is COC(=O)c1ccc(C(=O)Nc2cccc(C3=NO[C@@](c4cc(Cl)cc(Cl)c4)(C(F)(F)F)C3)c2C)cc1. The van der Waals surface area contributed by atoms with Crippen molar-refractivity contribution in [2.75, 3.05) is 12.4 Å². The van der Waals surface area contributed by atoms with Gasteiger partial charge < -0.3 is 14.9 Å². The van der Waals surface area contributed by atoms with E-state index in [0.29, 0.717) is 16.8 Å². The number of nitrogens with one attached hydrogen (secondary N) is 1. The zero-order chi connectivity index (χ0) is 27.0. The van der Waals surface area contributed by atoms with Crippen LogP contribution < -0.4 is 5.32 Å². The molecule has 4 rings (SSSR count).